The van der Waals surface area contributed by atoms with Crippen molar-refractivity contribution in [3.8, 4) is 0 Å². The molecule has 0 aromatic heterocycles. The van der Waals surface area contributed by atoms with E-state index in [1.54, 1.807) is 0 Å². The van der Waals surface area contributed by atoms with Crippen LogP contribution in [0.15, 0.2) is 0 Å². The van der Waals surface area contributed by atoms with Gasteiger partial charge in [-0.15, -0.1) is 12.4 Å². The van der Waals surface area contributed by atoms with E-state index in [4.69, 9.17) is 5.41 Å². The second kappa shape index (κ2) is 5.43. The Morgan fingerprint density at radius 2 is 2.29 bits per heavy atom. The van der Waals surface area contributed by atoms with Gasteiger partial charge >= 0.3 is 0 Å². The molecule has 42 valence electrons. The Kier molecular flexibility index (Phi) is 7.49. The maximum absolute atomic E-state index is 9.67. The van der Waals surface area contributed by atoms with E-state index < -0.39 is 5.91 Å². The molecule has 7 heavy (non-hydrogen) atoms. The smallest absolute Gasteiger partial charge is 0.222 e. The van der Waals surface area contributed by atoms with Crippen LogP contribution in [0.5, 0.6) is 0 Å². The van der Waals surface area contributed by atoms with Crippen molar-refractivity contribution < 1.29 is 4.79 Å². The van der Waals surface area contributed by atoms with Gasteiger partial charge in [-0.25, -0.2) is 0 Å². The number of hydrogen-bond acceptors (Lipinski definition) is 2. The average molecular weight is 123 g/mol. The minimum atomic E-state index is -0.454. The summed E-state index contributed by atoms with van der Waals surface area (Å²) in [6, 6.07) is 0. The monoisotopic (exact) mass is 122 g/mol. The van der Waals surface area contributed by atoms with Crippen LogP contribution in [0, 0.1) is 5.41 Å². The zero-order chi connectivity index (χ0) is 4.99. The van der Waals surface area contributed by atoms with Crippen LogP contribution in [0.1, 0.15) is 6.42 Å². The van der Waals surface area contributed by atoms with Gasteiger partial charge in [-0.05, 0) is 0 Å². The highest BCUT2D eigenvalue weighted by Gasteiger charge is 1.82. The second-order valence-corrected chi connectivity index (χ2v) is 0.875. The van der Waals surface area contributed by atoms with E-state index in [2.05, 4.69) is 5.73 Å². The highest BCUT2D eigenvalue weighted by Crippen LogP contribution is 1.61. The minimum Gasteiger partial charge on any atom is -0.369 e. The molecule has 0 radical (unpaired) electrons. The molecule has 0 heterocycles. The zero-order valence-corrected chi connectivity index (χ0v) is 4.49. The summed E-state index contributed by atoms with van der Waals surface area (Å²) in [6.45, 7) is 0. The molecule has 0 aliphatic carbocycles. The Bertz CT molecular complexity index is 73.3. The van der Waals surface area contributed by atoms with E-state index >= 15 is 0 Å². The van der Waals surface area contributed by atoms with Crippen molar-refractivity contribution in [3.63, 3.8) is 0 Å². The summed E-state index contributed by atoms with van der Waals surface area (Å²) in [5.74, 6) is -0.454. The summed E-state index contributed by atoms with van der Waals surface area (Å²) in [4.78, 5) is 9.67. The summed E-state index contributed by atoms with van der Waals surface area (Å²) in [7, 11) is 0. The van der Waals surface area contributed by atoms with E-state index in [0.717, 1.165) is 6.21 Å². The topological polar surface area (TPSA) is 66.9 Å². The molecule has 3 N–H and O–H groups in total. The molecule has 0 spiro atoms. The van der Waals surface area contributed by atoms with Crippen molar-refractivity contribution in [2.45, 2.75) is 6.42 Å². The Labute approximate surface area is 47.8 Å². The summed E-state index contributed by atoms with van der Waals surface area (Å²) in [5.41, 5.74) is 4.61. The van der Waals surface area contributed by atoms with Crippen LogP contribution >= 0.6 is 12.4 Å². The molecule has 4 heteroatoms. The number of carbonyl (C=O) groups is 1. The van der Waals surface area contributed by atoms with Gasteiger partial charge in [0.1, 0.15) is 0 Å². The van der Waals surface area contributed by atoms with Gasteiger partial charge in [0.15, 0.2) is 0 Å². The summed E-state index contributed by atoms with van der Waals surface area (Å²) in [5, 5.41) is 6.31. The number of nitrogens with two attached hydrogens (primary N) is 1. The fourth-order valence-corrected chi connectivity index (χ4v) is 0.101. The van der Waals surface area contributed by atoms with E-state index in [-0.39, 0.29) is 18.8 Å². The van der Waals surface area contributed by atoms with Gasteiger partial charge in [0.2, 0.25) is 5.91 Å². The molecule has 1 amide bonds. The SMILES string of the molecule is Cl.N=CCC(N)=O. The first-order valence-corrected chi connectivity index (χ1v) is 1.54. The van der Waals surface area contributed by atoms with Crippen LogP contribution in [-0.2, 0) is 4.79 Å². The molecular formula is C3H7ClN2O. The van der Waals surface area contributed by atoms with E-state index in [1.165, 1.54) is 0 Å². The maximum atomic E-state index is 9.67. The first-order chi connectivity index (χ1) is 2.77. The number of halogens is 1. The van der Waals surface area contributed by atoms with Crippen molar-refractivity contribution in [1.29, 1.82) is 5.41 Å². The normalized spacial score (nSPS) is 6.29. The van der Waals surface area contributed by atoms with Gasteiger partial charge in [-0.2, -0.15) is 0 Å². The lowest BCUT2D eigenvalue weighted by molar-refractivity contribution is -0.116. The van der Waals surface area contributed by atoms with Gasteiger partial charge < -0.3 is 11.1 Å². The predicted molar refractivity (Wildman–Crippen MR) is 29.8 cm³/mol. The zero-order valence-electron chi connectivity index (χ0n) is 3.68. The summed E-state index contributed by atoms with van der Waals surface area (Å²) >= 11 is 0. The molecule has 0 saturated heterocycles. The number of nitrogens with one attached hydrogen (secondary N) is 1. The first-order valence-electron chi connectivity index (χ1n) is 1.54. The molecule has 0 aliphatic heterocycles. The predicted octanol–water partition coefficient (Wildman–Crippen LogP) is -0.0668. The molecule has 0 unspecified atom stereocenters. The summed E-state index contributed by atoms with van der Waals surface area (Å²) in [6.07, 6.45) is 1.03. The lowest BCUT2D eigenvalue weighted by Crippen LogP contribution is -2.09. The number of amides is 1. The molecule has 0 saturated carbocycles. The second-order valence-electron chi connectivity index (χ2n) is 0.875. The minimum absolute atomic E-state index is 0. The van der Waals surface area contributed by atoms with Crippen molar-refractivity contribution in [2.24, 2.45) is 5.73 Å². The van der Waals surface area contributed by atoms with Gasteiger partial charge in [0, 0.05) is 6.21 Å². The molecule has 0 fully saturated rings. The maximum Gasteiger partial charge on any atom is 0.222 e. The van der Waals surface area contributed by atoms with Crippen LogP contribution in [-0.4, -0.2) is 12.1 Å². The van der Waals surface area contributed by atoms with Crippen molar-refractivity contribution in [1.82, 2.24) is 0 Å². The molecule has 0 aromatic rings. The third-order valence-electron chi connectivity index (χ3n) is 0.303. The third kappa shape index (κ3) is 10.8. The molecule has 0 aliphatic rings. The van der Waals surface area contributed by atoms with Gasteiger partial charge in [0.05, 0.1) is 6.42 Å². The van der Waals surface area contributed by atoms with E-state index in [1.807, 2.05) is 0 Å². The average Bonchev–Trinajstić information content (AvgIpc) is 1.35. The number of carbonyl (C=O) groups excluding carboxylic acids is 1. The van der Waals surface area contributed by atoms with Crippen LogP contribution in [0.25, 0.3) is 0 Å². The Balaban J connectivity index is 0. The Morgan fingerprint density at radius 1 is 1.86 bits per heavy atom. The Morgan fingerprint density at radius 3 is 2.29 bits per heavy atom. The molecule has 0 bridgehead atoms. The van der Waals surface area contributed by atoms with Crippen LogP contribution in [0.2, 0.25) is 0 Å². The van der Waals surface area contributed by atoms with E-state index in [0.29, 0.717) is 0 Å². The van der Waals surface area contributed by atoms with Crippen LogP contribution in [0.4, 0.5) is 0 Å². The largest absolute Gasteiger partial charge is 0.369 e. The molecule has 3 nitrogen and oxygen atoms in total. The van der Waals surface area contributed by atoms with Crippen LogP contribution < -0.4 is 5.73 Å². The lowest BCUT2D eigenvalue weighted by Gasteiger charge is -1.75. The van der Waals surface area contributed by atoms with Crippen molar-refractivity contribution in [2.75, 3.05) is 0 Å². The lowest BCUT2D eigenvalue weighted by atomic mass is 10.5. The number of rotatable bonds is 2. The number of primary amides is 1. The van der Waals surface area contributed by atoms with Gasteiger partial charge in [-0.1, -0.05) is 0 Å². The molecule has 0 aromatic carbocycles. The van der Waals surface area contributed by atoms with Crippen molar-refractivity contribution in [3.05, 3.63) is 0 Å². The third-order valence-corrected chi connectivity index (χ3v) is 0.303. The fraction of sp³-hybridized carbons (Fsp3) is 0.333. The van der Waals surface area contributed by atoms with Crippen molar-refractivity contribution >= 4 is 24.5 Å². The Hall–Kier alpha value is -0.570. The number of hydrogen-bond donors (Lipinski definition) is 2. The molecule has 0 rings (SSSR count). The van der Waals surface area contributed by atoms with Gasteiger partial charge in [0.25, 0.3) is 0 Å². The highest BCUT2D eigenvalue weighted by atomic mass is 35.5. The highest BCUT2D eigenvalue weighted by molar-refractivity contribution is 5.87. The fourth-order valence-electron chi connectivity index (χ4n) is 0.101. The first kappa shape index (κ1) is 9.66. The molecular weight excluding hydrogens is 115 g/mol. The quantitative estimate of drug-likeness (QED) is 0.495. The molecule has 0 atom stereocenters. The van der Waals surface area contributed by atoms with Crippen LogP contribution in [0.3, 0.4) is 0 Å². The van der Waals surface area contributed by atoms with Gasteiger partial charge in [-0.3, -0.25) is 4.79 Å². The van der Waals surface area contributed by atoms with E-state index in [9.17, 15) is 4.79 Å². The standard InChI is InChI=1S/C3H6N2O.ClH/c4-2-1-3(5)6;/h2,4H,1H2,(H2,5,6);1H. The summed E-state index contributed by atoms with van der Waals surface area (Å²) < 4.78 is 0.